The zero-order chi connectivity index (χ0) is 42.5. The first-order chi connectivity index (χ1) is 31.7. The lowest BCUT2D eigenvalue weighted by molar-refractivity contribution is 0.563. The Hall–Kier alpha value is -8.00. The Bertz CT molecular complexity index is 3280. The second kappa shape index (κ2) is 15.7. The van der Waals surface area contributed by atoms with E-state index in [2.05, 4.69) is 254 Å². The molecule has 0 bridgehead atoms. The highest BCUT2D eigenvalue weighted by molar-refractivity contribution is 6.10. The summed E-state index contributed by atoms with van der Waals surface area (Å²) in [7, 11) is 0. The zero-order valence-corrected chi connectivity index (χ0v) is 35.5. The van der Waals surface area contributed by atoms with Crippen LogP contribution in [0.1, 0.15) is 33.4 Å². The van der Waals surface area contributed by atoms with Gasteiger partial charge in [-0.3, -0.25) is 0 Å². The Balaban J connectivity index is 0.916. The number of nitrogens with zero attached hydrogens (tertiary/aromatic N) is 1. The topological polar surface area (TPSA) is 3.24 Å². The van der Waals surface area contributed by atoms with E-state index in [0.29, 0.717) is 0 Å². The van der Waals surface area contributed by atoms with E-state index < -0.39 is 0 Å². The molecule has 0 aromatic heterocycles. The third-order valence-corrected chi connectivity index (χ3v) is 13.6. The van der Waals surface area contributed by atoms with E-state index in [-0.39, 0.29) is 5.41 Å². The monoisotopic (exact) mass is 815 g/mol. The summed E-state index contributed by atoms with van der Waals surface area (Å²) in [6, 6.07) is 86.9. The summed E-state index contributed by atoms with van der Waals surface area (Å²) in [4.78, 5) is 2.39. The molecule has 0 saturated heterocycles. The first-order valence-corrected chi connectivity index (χ1v) is 22.4. The molecule has 0 radical (unpaired) electrons. The number of rotatable bonds is 8. The number of hydrogen-bond donors (Lipinski definition) is 0. The molecule has 0 fully saturated rings. The molecular formula is C63H45N. The predicted molar refractivity (Wildman–Crippen MR) is 270 cm³/mol. The molecule has 0 N–H and O–H groups in total. The van der Waals surface area contributed by atoms with Gasteiger partial charge in [0.2, 0.25) is 0 Å². The van der Waals surface area contributed by atoms with E-state index in [0.717, 1.165) is 24.2 Å². The van der Waals surface area contributed by atoms with Crippen LogP contribution in [0.3, 0.4) is 0 Å². The minimum atomic E-state index is -0.149. The summed E-state index contributed by atoms with van der Waals surface area (Å²) in [6.07, 6.45) is 6.55. The summed E-state index contributed by atoms with van der Waals surface area (Å²) in [5, 5.41) is 2.52. The van der Waals surface area contributed by atoms with Crippen LogP contribution in [0.2, 0.25) is 0 Å². The highest BCUT2D eigenvalue weighted by Crippen LogP contribution is 2.57. The first kappa shape index (κ1) is 37.7. The quantitative estimate of drug-likeness (QED) is 0.138. The van der Waals surface area contributed by atoms with Gasteiger partial charge in [-0.15, -0.1) is 0 Å². The van der Waals surface area contributed by atoms with Crippen LogP contribution in [0.5, 0.6) is 0 Å². The van der Waals surface area contributed by atoms with Gasteiger partial charge in [-0.2, -0.15) is 0 Å². The summed E-state index contributed by atoms with van der Waals surface area (Å²) in [5.74, 6) is 0. The Labute approximate surface area is 375 Å². The van der Waals surface area contributed by atoms with Crippen molar-refractivity contribution in [1.82, 2.24) is 0 Å². The molecule has 302 valence electrons. The SMILES string of the molecule is C(=C\c1ccc2c(c1)C1(Cc3ccccc3C1)c1cc(N(c3ccccc3)c3ccccc3)ccc1-2)/c1ccc(-c2cc(-c3ccccc3)c3ccccc3c2-c2ccccc2)cc1. The van der Waals surface area contributed by atoms with E-state index in [9.17, 15) is 0 Å². The molecule has 0 atom stereocenters. The van der Waals surface area contributed by atoms with Gasteiger partial charge in [0, 0.05) is 22.5 Å². The van der Waals surface area contributed by atoms with Crippen molar-refractivity contribution in [2.75, 3.05) is 4.90 Å². The minimum absolute atomic E-state index is 0.149. The number of hydrogen-bond acceptors (Lipinski definition) is 1. The molecule has 2 aliphatic rings. The number of benzene rings is 10. The number of fused-ring (bicyclic) bond motifs is 7. The molecule has 2 aliphatic carbocycles. The fourth-order valence-corrected chi connectivity index (χ4v) is 10.7. The predicted octanol–water partition coefficient (Wildman–Crippen LogP) is 16.5. The molecule has 10 aromatic rings. The highest BCUT2D eigenvalue weighted by atomic mass is 15.1. The molecule has 1 nitrogen and oxygen atoms in total. The van der Waals surface area contributed by atoms with Gasteiger partial charge in [0.25, 0.3) is 0 Å². The second-order valence-electron chi connectivity index (χ2n) is 17.3. The standard InChI is InChI=1S/C63H45N/c1-5-17-46(18-6-1)58-41-59(62(48-19-7-2-8-20-48)57-28-16-15-27-54(57)58)47-34-31-44(32-35-47)29-30-45-33-37-55-56-38-36-53(64(51-23-9-3-10-24-51)52-25-11-4-12-26-52)40-61(56)63(60(55)39-45)42-49-21-13-14-22-50(49)43-63/h1-41H,42-43H2/b30-29+. The largest absolute Gasteiger partial charge is 0.310 e. The van der Waals surface area contributed by atoms with Crippen LogP contribution in [0.4, 0.5) is 17.1 Å². The fourth-order valence-electron chi connectivity index (χ4n) is 10.7. The van der Waals surface area contributed by atoms with Crippen molar-refractivity contribution >= 4 is 40.0 Å². The maximum atomic E-state index is 2.49. The number of anilines is 3. The van der Waals surface area contributed by atoms with Crippen molar-refractivity contribution in [2.24, 2.45) is 0 Å². The van der Waals surface area contributed by atoms with E-state index in [1.165, 1.54) is 94.3 Å². The van der Waals surface area contributed by atoms with Crippen LogP contribution in [0.15, 0.2) is 237 Å². The molecule has 0 saturated carbocycles. The average molecular weight is 816 g/mol. The van der Waals surface area contributed by atoms with E-state index in [1.807, 2.05) is 0 Å². The van der Waals surface area contributed by atoms with Gasteiger partial charge in [0.15, 0.2) is 0 Å². The summed E-state index contributed by atoms with van der Waals surface area (Å²) < 4.78 is 0. The van der Waals surface area contributed by atoms with Crippen molar-refractivity contribution < 1.29 is 0 Å². The van der Waals surface area contributed by atoms with Crippen LogP contribution < -0.4 is 4.90 Å². The highest BCUT2D eigenvalue weighted by Gasteiger charge is 2.47. The van der Waals surface area contributed by atoms with Crippen LogP contribution in [0, 0.1) is 0 Å². The maximum Gasteiger partial charge on any atom is 0.0465 e. The molecule has 0 heterocycles. The summed E-state index contributed by atoms with van der Waals surface area (Å²) in [6.45, 7) is 0. The lowest BCUT2D eigenvalue weighted by atomic mass is 9.75. The Morgan fingerprint density at radius 1 is 0.328 bits per heavy atom. The number of para-hydroxylation sites is 2. The van der Waals surface area contributed by atoms with Gasteiger partial charge < -0.3 is 4.90 Å². The molecule has 64 heavy (non-hydrogen) atoms. The third kappa shape index (κ3) is 6.48. The summed E-state index contributed by atoms with van der Waals surface area (Å²) in [5.41, 5.74) is 21.6. The molecule has 12 rings (SSSR count). The van der Waals surface area contributed by atoms with E-state index in [1.54, 1.807) is 0 Å². The van der Waals surface area contributed by atoms with Gasteiger partial charge in [0.05, 0.1) is 0 Å². The Morgan fingerprint density at radius 3 is 1.45 bits per heavy atom. The first-order valence-electron chi connectivity index (χ1n) is 22.4. The summed E-state index contributed by atoms with van der Waals surface area (Å²) >= 11 is 0. The second-order valence-corrected chi connectivity index (χ2v) is 17.3. The maximum absolute atomic E-state index is 2.49. The molecule has 1 spiro atoms. The third-order valence-electron chi connectivity index (χ3n) is 13.6. The van der Waals surface area contributed by atoms with Crippen LogP contribution in [0.25, 0.3) is 67.4 Å². The zero-order valence-electron chi connectivity index (χ0n) is 35.5. The molecule has 0 amide bonds. The normalized spacial score (nSPS) is 13.2. The smallest absolute Gasteiger partial charge is 0.0465 e. The lowest BCUT2D eigenvalue weighted by Gasteiger charge is -2.30. The average Bonchev–Trinajstić information content (AvgIpc) is 3.89. The van der Waals surface area contributed by atoms with Crippen molar-refractivity contribution in [3.05, 3.63) is 270 Å². The van der Waals surface area contributed by atoms with Crippen molar-refractivity contribution in [2.45, 2.75) is 18.3 Å². The lowest BCUT2D eigenvalue weighted by Crippen LogP contribution is -2.26. The Kier molecular flexibility index (Phi) is 9.27. The van der Waals surface area contributed by atoms with Gasteiger partial charge in [-0.25, -0.2) is 0 Å². The fraction of sp³-hybridized carbons (Fsp3) is 0.0476. The van der Waals surface area contributed by atoms with Crippen LogP contribution in [-0.4, -0.2) is 0 Å². The van der Waals surface area contributed by atoms with Crippen molar-refractivity contribution in [3.63, 3.8) is 0 Å². The van der Waals surface area contributed by atoms with Crippen molar-refractivity contribution in [3.8, 4) is 44.5 Å². The molecule has 0 aliphatic heterocycles. The molecule has 10 aromatic carbocycles. The van der Waals surface area contributed by atoms with E-state index in [4.69, 9.17) is 0 Å². The van der Waals surface area contributed by atoms with Gasteiger partial charge >= 0.3 is 0 Å². The van der Waals surface area contributed by atoms with Gasteiger partial charge in [-0.1, -0.05) is 206 Å². The van der Waals surface area contributed by atoms with Gasteiger partial charge in [-0.05, 0) is 144 Å². The van der Waals surface area contributed by atoms with Crippen LogP contribution >= 0.6 is 0 Å². The van der Waals surface area contributed by atoms with Gasteiger partial charge in [0.1, 0.15) is 0 Å². The van der Waals surface area contributed by atoms with Crippen LogP contribution in [-0.2, 0) is 18.3 Å². The molecule has 1 heteroatoms. The minimum Gasteiger partial charge on any atom is -0.310 e. The molecular weight excluding hydrogens is 771 g/mol. The van der Waals surface area contributed by atoms with E-state index >= 15 is 0 Å². The molecule has 0 unspecified atom stereocenters. The van der Waals surface area contributed by atoms with Crippen molar-refractivity contribution in [1.29, 1.82) is 0 Å². The Morgan fingerprint density at radius 2 is 0.812 bits per heavy atom.